The fraction of sp³-hybridized carbons (Fsp3) is 0.421. The van der Waals surface area contributed by atoms with Crippen LogP contribution in [0, 0.1) is 0 Å². The number of hydrogen-bond acceptors (Lipinski definition) is 4. The summed E-state index contributed by atoms with van der Waals surface area (Å²) in [6, 6.07) is 12.0. The summed E-state index contributed by atoms with van der Waals surface area (Å²) in [5.74, 6) is -0.255. The first-order chi connectivity index (χ1) is 11.7. The number of benzene rings is 2. The van der Waals surface area contributed by atoms with E-state index in [0.717, 1.165) is 54.9 Å². The van der Waals surface area contributed by atoms with Crippen LogP contribution in [0.5, 0.6) is 5.75 Å². The maximum atomic E-state index is 10.9. The quantitative estimate of drug-likeness (QED) is 0.765. The number of aryl methyl sites for hydroxylation is 1. The van der Waals surface area contributed by atoms with Gasteiger partial charge in [0.2, 0.25) is 0 Å². The molecule has 1 saturated heterocycles. The molecule has 0 atom stereocenters. The van der Waals surface area contributed by atoms with Gasteiger partial charge in [-0.15, -0.1) is 0 Å². The summed E-state index contributed by atoms with van der Waals surface area (Å²) in [6.45, 7) is 5.18. The summed E-state index contributed by atoms with van der Waals surface area (Å²) >= 11 is 0. The van der Waals surface area contributed by atoms with Gasteiger partial charge in [-0.1, -0.05) is 30.3 Å². The fourth-order valence-electron chi connectivity index (χ4n) is 3.15. The van der Waals surface area contributed by atoms with Gasteiger partial charge in [-0.25, -0.2) is 0 Å². The Morgan fingerprint density at radius 2 is 1.96 bits per heavy atom. The summed E-state index contributed by atoms with van der Waals surface area (Å²) < 4.78 is 11.4. The number of carbonyl (C=O) groups is 1. The third-order valence-electron chi connectivity index (χ3n) is 4.49. The lowest BCUT2D eigenvalue weighted by atomic mass is 10.00. The van der Waals surface area contributed by atoms with Gasteiger partial charge in [-0.05, 0) is 29.7 Å². The summed E-state index contributed by atoms with van der Waals surface area (Å²) in [5.41, 5.74) is 0.953. The molecule has 0 unspecified atom stereocenters. The van der Waals surface area contributed by atoms with Gasteiger partial charge in [0.1, 0.15) is 32.0 Å². The van der Waals surface area contributed by atoms with Gasteiger partial charge < -0.3 is 24.3 Å². The van der Waals surface area contributed by atoms with Crippen molar-refractivity contribution in [1.29, 1.82) is 0 Å². The van der Waals surface area contributed by atoms with E-state index in [2.05, 4.69) is 0 Å². The van der Waals surface area contributed by atoms with E-state index in [-0.39, 0.29) is 6.42 Å². The van der Waals surface area contributed by atoms with Gasteiger partial charge >= 0.3 is 0 Å². The number of carboxylic acid groups (broad SMARTS) is 1. The molecule has 1 heterocycles. The topological polar surface area (TPSA) is 63.0 Å². The zero-order valence-electron chi connectivity index (χ0n) is 13.8. The second-order valence-electron chi connectivity index (χ2n) is 6.10. The van der Waals surface area contributed by atoms with Crippen molar-refractivity contribution in [2.75, 3.05) is 39.5 Å². The van der Waals surface area contributed by atoms with Crippen LogP contribution in [0.4, 0.5) is 0 Å². The molecular formula is C19H23NO4. The van der Waals surface area contributed by atoms with E-state index >= 15 is 0 Å². The van der Waals surface area contributed by atoms with Gasteiger partial charge in [-0.2, -0.15) is 0 Å². The van der Waals surface area contributed by atoms with Crippen LogP contribution in [-0.4, -0.2) is 45.4 Å². The van der Waals surface area contributed by atoms with Crippen LogP contribution in [0.1, 0.15) is 12.0 Å². The van der Waals surface area contributed by atoms with Gasteiger partial charge in [0.15, 0.2) is 0 Å². The van der Waals surface area contributed by atoms with E-state index in [1.807, 2.05) is 36.4 Å². The second kappa shape index (κ2) is 8.13. The average molecular weight is 329 g/mol. The number of carbonyl (C=O) groups excluding carboxylic acids is 1. The van der Waals surface area contributed by atoms with Crippen molar-refractivity contribution in [3.8, 4) is 5.75 Å². The lowest BCUT2D eigenvalue weighted by Crippen LogP contribution is -3.14. The van der Waals surface area contributed by atoms with E-state index in [9.17, 15) is 9.90 Å². The smallest absolute Gasteiger partial charge is 0.137 e. The normalized spacial score (nSPS) is 15.5. The van der Waals surface area contributed by atoms with Crippen molar-refractivity contribution in [2.24, 2.45) is 0 Å². The van der Waals surface area contributed by atoms with Crippen molar-refractivity contribution in [3.63, 3.8) is 0 Å². The monoisotopic (exact) mass is 329 g/mol. The van der Waals surface area contributed by atoms with Gasteiger partial charge in [-0.3, -0.25) is 0 Å². The minimum atomic E-state index is -1.04. The lowest BCUT2D eigenvalue weighted by Gasteiger charge is -2.24. The Morgan fingerprint density at radius 3 is 2.75 bits per heavy atom. The van der Waals surface area contributed by atoms with Crippen LogP contribution < -0.4 is 14.7 Å². The molecule has 0 spiro atoms. The first kappa shape index (κ1) is 16.7. The Labute approximate surface area is 141 Å². The van der Waals surface area contributed by atoms with Crippen molar-refractivity contribution in [1.82, 2.24) is 0 Å². The highest BCUT2D eigenvalue weighted by molar-refractivity contribution is 5.88. The van der Waals surface area contributed by atoms with Crippen molar-refractivity contribution in [2.45, 2.75) is 12.8 Å². The molecule has 1 aliphatic heterocycles. The van der Waals surface area contributed by atoms with Crippen LogP contribution in [0.25, 0.3) is 10.8 Å². The minimum Gasteiger partial charge on any atom is -0.550 e. The minimum absolute atomic E-state index is 0.000911. The Bertz CT molecular complexity index is 695. The zero-order valence-corrected chi connectivity index (χ0v) is 13.8. The van der Waals surface area contributed by atoms with E-state index in [1.165, 1.54) is 4.90 Å². The molecule has 3 rings (SSSR count). The molecule has 0 aliphatic carbocycles. The van der Waals surface area contributed by atoms with Crippen molar-refractivity contribution >= 4 is 16.7 Å². The predicted molar refractivity (Wildman–Crippen MR) is 89.2 cm³/mol. The van der Waals surface area contributed by atoms with Crippen LogP contribution in [0.3, 0.4) is 0 Å². The number of morpholine rings is 1. The molecule has 1 N–H and O–H groups in total. The summed E-state index contributed by atoms with van der Waals surface area (Å²) in [7, 11) is 0. The molecule has 2 aromatic carbocycles. The molecule has 5 nitrogen and oxygen atoms in total. The van der Waals surface area contributed by atoms with Gasteiger partial charge in [0, 0.05) is 11.5 Å². The SMILES string of the molecule is O=C([O-])CCc1c(OCC[NH+]2CCOCC2)ccc2ccccc12. The van der Waals surface area contributed by atoms with E-state index < -0.39 is 5.97 Å². The number of hydrogen-bond donors (Lipinski definition) is 1. The maximum absolute atomic E-state index is 10.9. The van der Waals surface area contributed by atoms with Gasteiger partial charge in [0.05, 0.1) is 13.2 Å². The average Bonchev–Trinajstić information content (AvgIpc) is 2.61. The molecule has 24 heavy (non-hydrogen) atoms. The molecule has 0 radical (unpaired) electrons. The number of quaternary nitrogens is 1. The molecule has 1 aliphatic rings. The first-order valence-corrected chi connectivity index (χ1v) is 8.48. The molecule has 0 saturated carbocycles. The number of fused-ring (bicyclic) bond motifs is 1. The third kappa shape index (κ3) is 4.24. The van der Waals surface area contributed by atoms with Crippen LogP contribution in [0.2, 0.25) is 0 Å². The van der Waals surface area contributed by atoms with Crippen LogP contribution in [0.15, 0.2) is 36.4 Å². The Morgan fingerprint density at radius 1 is 1.17 bits per heavy atom. The first-order valence-electron chi connectivity index (χ1n) is 8.48. The lowest BCUT2D eigenvalue weighted by molar-refractivity contribution is -0.908. The Kier molecular flexibility index (Phi) is 5.67. The molecule has 128 valence electrons. The Hall–Kier alpha value is -2.11. The summed E-state index contributed by atoms with van der Waals surface area (Å²) in [6.07, 6.45) is 0.419. The highest BCUT2D eigenvalue weighted by Crippen LogP contribution is 2.29. The number of aliphatic carboxylic acids is 1. The standard InChI is InChI=1S/C19H23NO4/c21-19(22)8-6-17-16-4-2-1-3-15(16)5-7-18(17)24-14-11-20-9-12-23-13-10-20/h1-5,7H,6,8-14H2,(H,21,22). The van der Waals surface area contributed by atoms with E-state index in [4.69, 9.17) is 9.47 Å². The van der Waals surface area contributed by atoms with Crippen molar-refractivity contribution < 1.29 is 24.3 Å². The molecule has 0 bridgehead atoms. The number of rotatable bonds is 7. The van der Waals surface area contributed by atoms with Crippen molar-refractivity contribution in [3.05, 3.63) is 42.0 Å². The molecule has 0 aromatic heterocycles. The highest BCUT2D eigenvalue weighted by Gasteiger charge is 2.14. The summed E-state index contributed by atoms with van der Waals surface area (Å²) in [4.78, 5) is 12.4. The van der Waals surface area contributed by atoms with E-state index in [0.29, 0.717) is 13.0 Å². The molecule has 2 aromatic rings. The number of nitrogens with one attached hydrogen (secondary N) is 1. The number of carboxylic acids is 1. The second-order valence-corrected chi connectivity index (χ2v) is 6.10. The van der Waals surface area contributed by atoms with Crippen LogP contribution in [-0.2, 0) is 16.0 Å². The molecule has 0 amide bonds. The Balaban J connectivity index is 1.72. The molecule has 1 fully saturated rings. The molecular weight excluding hydrogens is 306 g/mol. The van der Waals surface area contributed by atoms with Crippen LogP contribution >= 0.6 is 0 Å². The summed E-state index contributed by atoms with van der Waals surface area (Å²) in [5, 5.41) is 13.0. The predicted octanol–water partition coefficient (Wildman–Crippen LogP) is -0.184. The third-order valence-corrected chi connectivity index (χ3v) is 4.49. The largest absolute Gasteiger partial charge is 0.550 e. The fourth-order valence-corrected chi connectivity index (χ4v) is 3.15. The number of ether oxygens (including phenoxy) is 2. The maximum Gasteiger partial charge on any atom is 0.137 e. The highest BCUT2D eigenvalue weighted by atomic mass is 16.5. The molecule has 5 heteroatoms. The van der Waals surface area contributed by atoms with E-state index in [1.54, 1.807) is 0 Å². The zero-order chi connectivity index (χ0) is 16.8. The van der Waals surface area contributed by atoms with Gasteiger partial charge in [0.25, 0.3) is 0 Å².